The van der Waals surface area contributed by atoms with E-state index >= 15 is 0 Å². The van der Waals surface area contributed by atoms with Gasteiger partial charge in [-0.25, -0.2) is 26.3 Å². The topological polar surface area (TPSA) is 202 Å². The highest BCUT2D eigenvalue weighted by Crippen LogP contribution is 2.32. The zero-order chi connectivity index (χ0) is 36.9. The normalized spacial score (nSPS) is 15.1. The monoisotopic (exact) mass is 839 g/mol. The SMILES string of the molecule is C.C.CCBr.CCn1nnc(-c2cc(S(=O)(=O)NC)ccc2CC2CCCCC2)n1.CNS(=O)(=O)c1ccc(NC2CCCCC2)c(-c2nn[nH]n2)c1. The van der Waals surface area contributed by atoms with E-state index in [2.05, 4.69) is 66.7 Å². The summed E-state index contributed by atoms with van der Waals surface area (Å²) in [5, 5.41) is 31.0. The lowest BCUT2D eigenvalue weighted by Gasteiger charge is -2.25. The zero-order valence-corrected chi connectivity index (χ0v) is 33.0. The number of aromatic amines is 1. The summed E-state index contributed by atoms with van der Waals surface area (Å²) < 4.78 is 53.1. The average molecular weight is 841 g/mol. The van der Waals surface area contributed by atoms with Gasteiger partial charge in [0.25, 0.3) is 0 Å². The first kappa shape index (κ1) is 45.8. The molecule has 0 aliphatic heterocycles. The number of alkyl halides is 1. The lowest BCUT2D eigenvalue weighted by Crippen LogP contribution is -2.23. The third-order valence-electron chi connectivity index (χ3n) is 8.99. The van der Waals surface area contributed by atoms with Gasteiger partial charge in [-0.05, 0) is 92.5 Å². The molecule has 4 aromatic rings. The van der Waals surface area contributed by atoms with Crippen LogP contribution in [-0.4, -0.2) is 83.1 Å². The summed E-state index contributed by atoms with van der Waals surface area (Å²) in [5.41, 5.74) is 3.31. The molecule has 2 aliphatic rings. The second-order valence-corrected chi connectivity index (χ2v) is 17.3. The summed E-state index contributed by atoms with van der Waals surface area (Å²) in [6, 6.07) is 10.5. The van der Waals surface area contributed by atoms with Crippen LogP contribution in [0.4, 0.5) is 5.69 Å². The Morgan fingerprint density at radius 3 is 1.89 bits per heavy atom. The smallest absolute Gasteiger partial charge is 0.240 e. The van der Waals surface area contributed by atoms with Crippen LogP contribution in [0.2, 0.25) is 0 Å². The van der Waals surface area contributed by atoms with Crippen molar-refractivity contribution in [1.82, 2.24) is 50.3 Å². The summed E-state index contributed by atoms with van der Waals surface area (Å²) in [5.74, 6) is 1.50. The third-order valence-corrected chi connectivity index (χ3v) is 11.8. The summed E-state index contributed by atoms with van der Waals surface area (Å²) in [7, 11) is -4.24. The Morgan fingerprint density at radius 2 is 1.36 bits per heavy atom. The molecule has 15 nitrogen and oxygen atoms in total. The van der Waals surface area contributed by atoms with Crippen molar-refractivity contribution in [3.63, 3.8) is 0 Å². The fourth-order valence-electron chi connectivity index (χ4n) is 6.28. The number of aryl methyl sites for hydroxylation is 1. The summed E-state index contributed by atoms with van der Waals surface area (Å²) in [6.07, 6.45) is 13.2. The predicted octanol–water partition coefficient (Wildman–Crippen LogP) is 6.58. The van der Waals surface area contributed by atoms with Crippen molar-refractivity contribution in [2.24, 2.45) is 5.92 Å². The van der Waals surface area contributed by atoms with Crippen LogP contribution in [0.3, 0.4) is 0 Å². The van der Waals surface area contributed by atoms with Gasteiger partial charge < -0.3 is 5.32 Å². The Morgan fingerprint density at radius 1 is 0.792 bits per heavy atom. The van der Waals surface area contributed by atoms with E-state index in [1.807, 2.05) is 19.9 Å². The number of hydrogen-bond acceptors (Lipinski definition) is 11. The predicted molar refractivity (Wildman–Crippen MR) is 215 cm³/mol. The maximum absolute atomic E-state index is 12.2. The number of aromatic nitrogens is 8. The minimum absolute atomic E-state index is 0. The van der Waals surface area contributed by atoms with Gasteiger partial charge in [0.2, 0.25) is 31.7 Å². The molecule has 0 radical (unpaired) electrons. The van der Waals surface area contributed by atoms with E-state index in [0.717, 1.165) is 41.4 Å². The van der Waals surface area contributed by atoms with Gasteiger partial charge in [0.15, 0.2) is 0 Å². The third kappa shape index (κ3) is 12.9. The highest BCUT2D eigenvalue weighted by atomic mass is 79.9. The number of benzene rings is 2. The lowest BCUT2D eigenvalue weighted by atomic mass is 9.84. The van der Waals surface area contributed by atoms with Crippen LogP contribution in [0.5, 0.6) is 0 Å². The van der Waals surface area contributed by atoms with E-state index in [4.69, 9.17) is 0 Å². The Hall–Kier alpha value is -3.32. The Kier molecular flexibility index (Phi) is 19.2. The van der Waals surface area contributed by atoms with E-state index in [1.165, 1.54) is 70.3 Å². The van der Waals surface area contributed by atoms with Crippen molar-refractivity contribution in [2.75, 3.05) is 24.7 Å². The highest BCUT2D eigenvalue weighted by molar-refractivity contribution is 9.09. The Bertz CT molecular complexity index is 1880. The summed E-state index contributed by atoms with van der Waals surface area (Å²) in [6.45, 7) is 4.61. The zero-order valence-electron chi connectivity index (χ0n) is 29.8. The van der Waals surface area contributed by atoms with E-state index in [-0.39, 0.29) is 24.6 Å². The lowest BCUT2D eigenvalue weighted by molar-refractivity contribution is 0.357. The van der Waals surface area contributed by atoms with Crippen LogP contribution in [0.1, 0.15) is 98.5 Å². The van der Waals surface area contributed by atoms with E-state index in [9.17, 15) is 16.8 Å². The molecule has 4 N–H and O–H groups in total. The number of tetrazole rings is 2. The molecule has 2 aromatic heterocycles. The number of nitrogens with zero attached hydrogens (tertiary/aromatic N) is 7. The quantitative estimate of drug-likeness (QED) is 0.119. The fourth-order valence-corrected chi connectivity index (χ4v) is 7.79. The molecule has 0 bridgehead atoms. The van der Waals surface area contributed by atoms with Crippen molar-refractivity contribution in [3.8, 4) is 22.8 Å². The first-order valence-electron chi connectivity index (χ1n) is 17.5. The standard InChI is InChI=1S/C17H25N5O2S.C14H20N6O2S.C2H5Br.2CH4/c1-3-22-20-17(19-21-22)16-12-15(25(23,24)18-2)10-9-14(16)11-13-7-5-4-6-8-13;1-15-23(21,22)11-7-8-13(16-10-5-3-2-4-6-10)12(9-11)14-17-19-20-18-14;1-2-3;;/h9-10,12-13,18H,3-8,11H2,1-2H3;7-10,15-16H,2-6H2,1H3,(H,17,18,19,20);2H2,1H3;2*1H4. The Balaban J connectivity index is 0.000000331. The number of anilines is 1. The summed E-state index contributed by atoms with van der Waals surface area (Å²) >= 11 is 3.15. The number of rotatable bonds is 11. The average Bonchev–Trinajstić information content (AvgIpc) is 3.87. The molecular formula is C35H58BrN11O4S2. The molecule has 2 aromatic carbocycles. The first-order chi connectivity index (χ1) is 24.5. The van der Waals surface area contributed by atoms with Gasteiger partial charge in [0, 0.05) is 28.2 Å². The number of H-pyrrole nitrogens is 1. The minimum atomic E-state index is -3.53. The second kappa shape index (κ2) is 22.2. The largest absolute Gasteiger partial charge is 0.382 e. The molecule has 2 heterocycles. The van der Waals surface area contributed by atoms with Crippen molar-refractivity contribution in [3.05, 3.63) is 42.0 Å². The number of hydrogen-bond donors (Lipinski definition) is 4. The van der Waals surface area contributed by atoms with Crippen LogP contribution in [-0.2, 0) is 33.0 Å². The van der Waals surface area contributed by atoms with Crippen LogP contribution < -0.4 is 14.8 Å². The van der Waals surface area contributed by atoms with Gasteiger partial charge >= 0.3 is 0 Å². The number of halogens is 1. The second-order valence-electron chi connectivity index (χ2n) is 12.4. The fraction of sp³-hybridized carbons (Fsp3) is 0.600. The molecule has 0 atom stereocenters. The van der Waals surface area contributed by atoms with Gasteiger partial charge in [-0.15, -0.1) is 20.4 Å². The van der Waals surface area contributed by atoms with Gasteiger partial charge in [0.1, 0.15) is 0 Å². The van der Waals surface area contributed by atoms with E-state index in [0.29, 0.717) is 35.7 Å². The molecular weight excluding hydrogens is 782 g/mol. The molecule has 0 spiro atoms. The highest BCUT2D eigenvalue weighted by Gasteiger charge is 2.22. The van der Waals surface area contributed by atoms with E-state index in [1.54, 1.807) is 30.3 Å². The van der Waals surface area contributed by atoms with Crippen LogP contribution in [0.25, 0.3) is 22.8 Å². The molecule has 0 amide bonds. The molecule has 6 rings (SSSR count). The summed E-state index contributed by atoms with van der Waals surface area (Å²) in [4.78, 5) is 1.91. The van der Waals surface area contributed by atoms with Crippen molar-refractivity contribution < 1.29 is 16.8 Å². The number of nitrogens with one attached hydrogen (secondary N) is 4. The van der Waals surface area contributed by atoms with Crippen molar-refractivity contribution >= 4 is 41.7 Å². The number of sulfonamides is 2. The maximum Gasteiger partial charge on any atom is 0.240 e. The van der Waals surface area contributed by atoms with Gasteiger partial charge in [-0.2, -0.15) is 10.0 Å². The van der Waals surface area contributed by atoms with Gasteiger partial charge in [-0.1, -0.05) is 95.1 Å². The molecule has 296 valence electrons. The molecule has 0 unspecified atom stereocenters. The maximum atomic E-state index is 12.2. The molecule has 2 saturated carbocycles. The van der Waals surface area contributed by atoms with Crippen molar-refractivity contribution in [2.45, 2.75) is 122 Å². The van der Waals surface area contributed by atoms with Crippen LogP contribution >= 0.6 is 15.9 Å². The van der Waals surface area contributed by atoms with Gasteiger partial charge in [-0.3, -0.25) is 0 Å². The Labute approximate surface area is 324 Å². The molecule has 0 saturated heterocycles. The molecule has 2 aliphatic carbocycles. The molecule has 2 fully saturated rings. The van der Waals surface area contributed by atoms with Crippen LogP contribution in [0, 0.1) is 5.92 Å². The minimum Gasteiger partial charge on any atom is -0.382 e. The first-order valence-corrected chi connectivity index (χ1v) is 21.6. The molecule has 53 heavy (non-hydrogen) atoms. The molecule has 18 heteroatoms. The van der Waals surface area contributed by atoms with E-state index < -0.39 is 20.0 Å². The van der Waals surface area contributed by atoms with Crippen LogP contribution in [0.15, 0.2) is 46.2 Å². The van der Waals surface area contributed by atoms with Crippen molar-refractivity contribution in [1.29, 1.82) is 0 Å². The van der Waals surface area contributed by atoms with Gasteiger partial charge in [0.05, 0.1) is 16.3 Å².